The summed E-state index contributed by atoms with van der Waals surface area (Å²) in [5, 5.41) is 0. The summed E-state index contributed by atoms with van der Waals surface area (Å²) in [6.07, 6.45) is 1.59. The smallest absolute Gasteiger partial charge is 0.243 e. The minimum absolute atomic E-state index is 0.00113. The Morgan fingerprint density at radius 2 is 1.54 bits per heavy atom. The summed E-state index contributed by atoms with van der Waals surface area (Å²) >= 11 is 0. The molecule has 0 aliphatic rings. The molecule has 0 saturated heterocycles. The zero-order valence-electron chi connectivity index (χ0n) is 15.0. The number of benzene rings is 1. The first-order valence-corrected chi connectivity index (χ1v) is 11.2. The normalized spacial score (nSPS) is 13.7. The minimum Gasteiger partial charge on any atom is -0.260 e. The fourth-order valence-corrected chi connectivity index (χ4v) is 5.17. The van der Waals surface area contributed by atoms with Gasteiger partial charge in [0.1, 0.15) is 0 Å². The lowest BCUT2D eigenvalue weighted by Gasteiger charge is -2.18. The van der Waals surface area contributed by atoms with Crippen LogP contribution in [0.25, 0.3) is 0 Å². The van der Waals surface area contributed by atoms with Crippen LogP contribution in [0.2, 0.25) is 0 Å². The van der Waals surface area contributed by atoms with Crippen molar-refractivity contribution in [3.63, 3.8) is 0 Å². The molecule has 2 rings (SSSR count). The van der Waals surface area contributed by atoms with Crippen molar-refractivity contribution in [3.8, 4) is 0 Å². The SMILES string of the molecule is CCN(CC)S(=O)(=O)c1ccc(S(=O)(=O)N[C@H](C)c2ccccn2)cc1. The first-order chi connectivity index (χ1) is 12.2. The molecule has 0 spiro atoms. The molecule has 0 aliphatic carbocycles. The van der Waals surface area contributed by atoms with Gasteiger partial charge in [0, 0.05) is 19.3 Å². The van der Waals surface area contributed by atoms with E-state index in [4.69, 9.17) is 0 Å². The van der Waals surface area contributed by atoms with E-state index in [0.29, 0.717) is 18.8 Å². The summed E-state index contributed by atoms with van der Waals surface area (Å²) in [6, 6.07) is 9.96. The summed E-state index contributed by atoms with van der Waals surface area (Å²) in [5.74, 6) is 0. The molecule has 0 aliphatic heterocycles. The van der Waals surface area contributed by atoms with Crippen molar-refractivity contribution in [2.75, 3.05) is 13.1 Å². The molecule has 1 aromatic carbocycles. The maximum absolute atomic E-state index is 12.5. The second kappa shape index (κ2) is 8.26. The van der Waals surface area contributed by atoms with Gasteiger partial charge in [-0.25, -0.2) is 21.6 Å². The minimum atomic E-state index is -3.80. The van der Waals surface area contributed by atoms with Gasteiger partial charge in [0.15, 0.2) is 0 Å². The van der Waals surface area contributed by atoms with Gasteiger partial charge >= 0.3 is 0 Å². The zero-order chi connectivity index (χ0) is 19.4. The third-order valence-corrected chi connectivity index (χ3v) is 7.56. The average molecular weight is 398 g/mol. The number of aromatic nitrogens is 1. The third-order valence-electron chi connectivity index (χ3n) is 3.94. The van der Waals surface area contributed by atoms with E-state index >= 15 is 0 Å². The maximum Gasteiger partial charge on any atom is 0.243 e. The van der Waals surface area contributed by atoms with Crippen LogP contribution >= 0.6 is 0 Å². The summed E-state index contributed by atoms with van der Waals surface area (Å²) < 4.78 is 53.8. The summed E-state index contributed by atoms with van der Waals surface area (Å²) in [5.41, 5.74) is 0.594. The van der Waals surface area contributed by atoms with Crippen molar-refractivity contribution in [2.45, 2.75) is 36.6 Å². The third kappa shape index (κ3) is 4.47. The van der Waals surface area contributed by atoms with Gasteiger partial charge in [0.2, 0.25) is 20.0 Å². The molecular formula is C17H23N3O4S2. The van der Waals surface area contributed by atoms with Crippen LogP contribution in [-0.2, 0) is 20.0 Å². The Hall–Kier alpha value is -1.81. The van der Waals surface area contributed by atoms with Crippen LogP contribution in [0.3, 0.4) is 0 Å². The number of sulfonamides is 2. The molecule has 142 valence electrons. The van der Waals surface area contributed by atoms with Gasteiger partial charge in [0.25, 0.3) is 0 Å². The molecule has 9 heteroatoms. The fourth-order valence-electron chi connectivity index (χ4n) is 2.50. The first kappa shape index (κ1) is 20.5. The second-order valence-corrected chi connectivity index (χ2v) is 9.31. The molecule has 1 N–H and O–H groups in total. The quantitative estimate of drug-likeness (QED) is 0.736. The maximum atomic E-state index is 12.5. The van der Waals surface area contributed by atoms with Gasteiger partial charge in [-0.1, -0.05) is 19.9 Å². The van der Waals surface area contributed by atoms with E-state index in [1.807, 2.05) is 0 Å². The number of pyridine rings is 1. The number of rotatable bonds is 8. The van der Waals surface area contributed by atoms with Crippen molar-refractivity contribution in [1.82, 2.24) is 14.0 Å². The van der Waals surface area contributed by atoms with Gasteiger partial charge in [-0.3, -0.25) is 4.98 Å². The monoisotopic (exact) mass is 397 g/mol. The van der Waals surface area contributed by atoms with Crippen molar-refractivity contribution in [2.24, 2.45) is 0 Å². The lowest BCUT2D eigenvalue weighted by molar-refractivity contribution is 0.445. The highest BCUT2D eigenvalue weighted by molar-refractivity contribution is 7.89. The predicted octanol–water partition coefficient (Wildman–Crippen LogP) is 2.15. The molecule has 0 fully saturated rings. The van der Waals surface area contributed by atoms with Crippen LogP contribution in [0.1, 0.15) is 32.5 Å². The van der Waals surface area contributed by atoms with E-state index in [9.17, 15) is 16.8 Å². The fraction of sp³-hybridized carbons (Fsp3) is 0.353. The van der Waals surface area contributed by atoms with Crippen LogP contribution in [0, 0.1) is 0 Å². The standard InChI is InChI=1S/C17H23N3O4S2/c1-4-20(5-2)26(23,24)16-11-9-15(10-12-16)25(21,22)19-14(3)17-8-6-7-13-18-17/h6-14,19H,4-5H2,1-3H3/t14-/m1/s1. The van der Waals surface area contributed by atoms with Crippen molar-refractivity contribution >= 4 is 20.0 Å². The highest BCUT2D eigenvalue weighted by atomic mass is 32.2. The van der Waals surface area contributed by atoms with Gasteiger partial charge in [-0.05, 0) is 43.3 Å². The van der Waals surface area contributed by atoms with Gasteiger partial charge in [-0.2, -0.15) is 4.31 Å². The molecule has 0 saturated carbocycles. The van der Waals surface area contributed by atoms with Crippen LogP contribution in [0.4, 0.5) is 0 Å². The van der Waals surface area contributed by atoms with E-state index < -0.39 is 26.1 Å². The molecular weight excluding hydrogens is 374 g/mol. The van der Waals surface area contributed by atoms with E-state index in [1.54, 1.807) is 45.2 Å². The first-order valence-electron chi connectivity index (χ1n) is 8.25. The van der Waals surface area contributed by atoms with E-state index in [-0.39, 0.29) is 9.79 Å². The molecule has 7 nitrogen and oxygen atoms in total. The van der Waals surface area contributed by atoms with Gasteiger partial charge in [-0.15, -0.1) is 0 Å². The molecule has 0 unspecified atom stereocenters. The van der Waals surface area contributed by atoms with E-state index in [1.165, 1.54) is 28.6 Å². The van der Waals surface area contributed by atoms with Crippen LogP contribution in [-0.4, -0.2) is 39.2 Å². The highest BCUT2D eigenvalue weighted by Crippen LogP contribution is 2.20. The lowest BCUT2D eigenvalue weighted by atomic mass is 10.2. The van der Waals surface area contributed by atoms with Crippen LogP contribution in [0.5, 0.6) is 0 Å². The number of hydrogen-bond donors (Lipinski definition) is 1. The Kier molecular flexibility index (Phi) is 6.51. The molecule has 26 heavy (non-hydrogen) atoms. The Morgan fingerprint density at radius 1 is 0.962 bits per heavy atom. The van der Waals surface area contributed by atoms with Crippen LogP contribution < -0.4 is 4.72 Å². The van der Waals surface area contributed by atoms with Crippen LogP contribution in [0.15, 0.2) is 58.5 Å². The van der Waals surface area contributed by atoms with E-state index in [0.717, 1.165) is 0 Å². The molecule has 1 aromatic heterocycles. The second-order valence-electron chi connectivity index (χ2n) is 5.66. The highest BCUT2D eigenvalue weighted by Gasteiger charge is 2.23. The molecule has 0 amide bonds. The molecule has 0 radical (unpaired) electrons. The molecule has 2 aromatic rings. The van der Waals surface area contributed by atoms with Crippen molar-refractivity contribution in [1.29, 1.82) is 0 Å². The van der Waals surface area contributed by atoms with E-state index in [2.05, 4.69) is 9.71 Å². The van der Waals surface area contributed by atoms with Gasteiger partial charge < -0.3 is 0 Å². The molecule has 1 atom stereocenters. The summed E-state index contributed by atoms with van der Waals surface area (Å²) in [6.45, 7) is 5.90. The molecule has 0 bridgehead atoms. The predicted molar refractivity (Wildman–Crippen MR) is 99.5 cm³/mol. The summed E-state index contributed by atoms with van der Waals surface area (Å²) in [4.78, 5) is 4.20. The number of hydrogen-bond acceptors (Lipinski definition) is 5. The van der Waals surface area contributed by atoms with Gasteiger partial charge in [0.05, 0.1) is 21.5 Å². The zero-order valence-corrected chi connectivity index (χ0v) is 16.6. The average Bonchev–Trinajstić information content (AvgIpc) is 2.63. The number of nitrogens with zero attached hydrogens (tertiary/aromatic N) is 2. The Morgan fingerprint density at radius 3 is 2.04 bits per heavy atom. The largest absolute Gasteiger partial charge is 0.260 e. The Balaban J connectivity index is 2.24. The lowest BCUT2D eigenvalue weighted by Crippen LogP contribution is -2.30. The summed E-state index contributed by atoms with van der Waals surface area (Å²) in [7, 11) is -7.42. The number of nitrogens with one attached hydrogen (secondary N) is 1. The van der Waals surface area contributed by atoms with Crippen molar-refractivity contribution in [3.05, 3.63) is 54.4 Å². The Labute approximate surface area is 155 Å². The van der Waals surface area contributed by atoms with Crippen molar-refractivity contribution < 1.29 is 16.8 Å². The molecule has 1 heterocycles. The topological polar surface area (TPSA) is 96.4 Å². The Bertz CT molecular complexity index is 924.